The largest absolute Gasteiger partial charge is 0.467 e. The molecule has 0 aliphatic heterocycles. The third-order valence-electron chi connectivity index (χ3n) is 4.02. The fourth-order valence-electron chi connectivity index (χ4n) is 2.33. The van der Waals surface area contributed by atoms with Gasteiger partial charge in [0.25, 0.3) is 11.5 Å². The number of nitrogens with zero attached hydrogens (tertiary/aromatic N) is 1. The number of amides is 2. The molecule has 0 aliphatic rings. The Hall–Kier alpha value is -2.85. The van der Waals surface area contributed by atoms with Crippen LogP contribution in [-0.4, -0.2) is 35.5 Å². The van der Waals surface area contributed by atoms with Crippen molar-refractivity contribution in [2.24, 2.45) is 11.7 Å². The van der Waals surface area contributed by atoms with Crippen LogP contribution in [0.4, 0.5) is 13.2 Å². The van der Waals surface area contributed by atoms with Gasteiger partial charge in [-0.2, -0.15) is 13.2 Å². The Morgan fingerprint density at radius 1 is 1.30 bits per heavy atom. The van der Waals surface area contributed by atoms with Gasteiger partial charge in [-0.05, 0) is 18.1 Å². The number of pyridine rings is 1. The molecular formula is C16H20F3N3O5. The van der Waals surface area contributed by atoms with Gasteiger partial charge in [0.15, 0.2) is 0 Å². The van der Waals surface area contributed by atoms with E-state index in [0.29, 0.717) is 18.6 Å². The van der Waals surface area contributed by atoms with Crippen molar-refractivity contribution >= 4 is 17.8 Å². The van der Waals surface area contributed by atoms with Gasteiger partial charge >= 0.3 is 12.1 Å². The normalized spacial score (nSPS) is 13.6. The van der Waals surface area contributed by atoms with E-state index in [1.165, 1.54) is 0 Å². The van der Waals surface area contributed by atoms with E-state index in [1.54, 1.807) is 13.8 Å². The van der Waals surface area contributed by atoms with Gasteiger partial charge in [0, 0.05) is 0 Å². The van der Waals surface area contributed by atoms with Crippen LogP contribution in [0, 0.1) is 5.92 Å². The summed E-state index contributed by atoms with van der Waals surface area (Å²) in [6.45, 7) is 2.33. The average molecular weight is 391 g/mol. The highest BCUT2D eigenvalue weighted by molar-refractivity contribution is 5.92. The number of rotatable bonds is 7. The molecule has 1 aromatic rings. The number of carbonyl (C=O) groups is 3. The Balaban J connectivity index is 3.27. The molecule has 0 aromatic carbocycles. The monoisotopic (exact) mass is 391 g/mol. The minimum Gasteiger partial charge on any atom is -0.467 e. The van der Waals surface area contributed by atoms with Gasteiger partial charge in [-0.15, -0.1) is 0 Å². The molecule has 1 heterocycles. The molecule has 0 fully saturated rings. The van der Waals surface area contributed by atoms with E-state index in [-0.39, 0.29) is 10.5 Å². The third-order valence-corrected chi connectivity index (χ3v) is 4.02. The number of nitrogens with two attached hydrogens (primary N) is 1. The second kappa shape index (κ2) is 8.69. The van der Waals surface area contributed by atoms with Crippen molar-refractivity contribution in [1.82, 2.24) is 9.88 Å². The molecule has 0 spiro atoms. The fraction of sp³-hybridized carbons (Fsp3) is 0.500. The first kappa shape index (κ1) is 22.2. The maximum Gasteiger partial charge on any atom is 0.431 e. The van der Waals surface area contributed by atoms with Crippen LogP contribution in [0.3, 0.4) is 0 Å². The second-order valence-corrected chi connectivity index (χ2v) is 5.84. The summed E-state index contributed by atoms with van der Waals surface area (Å²) in [5, 5.41) is 2.26. The Labute approximate surface area is 152 Å². The molecular weight excluding hydrogens is 371 g/mol. The van der Waals surface area contributed by atoms with Crippen LogP contribution in [0.15, 0.2) is 16.9 Å². The standard InChI is InChI=1S/C16H20F3N3O5/c1-4-8(2)12(15(26)27-3)21-11(23)7-22-10(16(17,18)19)6-5-9(13(20)24)14(22)25/h5-6,8,12H,4,7H2,1-3H3,(H2,20,24)(H,21,23). The first-order chi connectivity index (χ1) is 12.4. The Morgan fingerprint density at radius 2 is 1.89 bits per heavy atom. The van der Waals surface area contributed by atoms with Gasteiger partial charge in [-0.3, -0.25) is 19.0 Å². The number of ether oxygens (including phenoxy) is 1. The van der Waals surface area contributed by atoms with Crippen LogP contribution >= 0.6 is 0 Å². The molecule has 0 bridgehead atoms. The predicted octanol–water partition coefficient (Wildman–Crippen LogP) is 0.670. The van der Waals surface area contributed by atoms with Gasteiger partial charge in [-0.25, -0.2) is 4.79 Å². The molecule has 27 heavy (non-hydrogen) atoms. The predicted molar refractivity (Wildman–Crippen MR) is 87.6 cm³/mol. The molecule has 2 atom stereocenters. The van der Waals surface area contributed by atoms with E-state index in [9.17, 15) is 32.3 Å². The van der Waals surface area contributed by atoms with E-state index in [1.807, 2.05) is 0 Å². The lowest BCUT2D eigenvalue weighted by atomic mass is 9.99. The second-order valence-electron chi connectivity index (χ2n) is 5.84. The molecule has 0 radical (unpaired) electrons. The molecule has 1 rings (SSSR count). The summed E-state index contributed by atoms with van der Waals surface area (Å²) in [7, 11) is 1.10. The van der Waals surface area contributed by atoms with Gasteiger partial charge in [-0.1, -0.05) is 20.3 Å². The van der Waals surface area contributed by atoms with Crippen molar-refractivity contribution in [3.63, 3.8) is 0 Å². The number of methoxy groups -OCH3 is 1. The van der Waals surface area contributed by atoms with Crippen LogP contribution in [0.1, 0.15) is 36.3 Å². The van der Waals surface area contributed by atoms with Crippen molar-refractivity contribution < 1.29 is 32.3 Å². The van der Waals surface area contributed by atoms with Crippen molar-refractivity contribution in [2.75, 3.05) is 7.11 Å². The molecule has 1 aromatic heterocycles. The summed E-state index contributed by atoms with van der Waals surface area (Å²) < 4.78 is 44.1. The molecule has 11 heteroatoms. The number of halogens is 3. The summed E-state index contributed by atoms with van der Waals surface area (Å²) in [4.78, 5) is 47.4. The van der Waals surface area contributed by atoms with Crippen molar-refractivity contribution in [3.05, 3.63) is 33.7 Å². The number of alkyl halides is 3. The maximum absolute atomic E-state index is 13.2. The van der Waals surface area contributed by atoms with Crippen LogP contribution in [-0.2, 0) is 27.0 Å². The molecule has 3 N–H and O–H groups in total. The first-order valence-corrected chi connectivity index (χ1v) is 7.92. The van der Waals surface area contributed by atoms with Crippen molar-refractivity contribution in [1.29, 1.82) is 0 Å². The van der Waals surface area contributed by atoms with Crippen LogP contribution in [0.25, 0.3) is 0 Å². The van der Waals surface area contributed by atoms with E-state index < -0.39 is 53.4 Å². The highest BCUT2D eigenvalue weighted by Crippen LogP contribution is 2.28. The number of aromatic nitrogens is 1. The molecule has 0 saturated heterocycles. The highest BCUT2D eigenvalue weighted by atomic mass is 19.4. The van der Waals surface area contributed by atoms with Crippen molar-refractivity contribution in [3.8, 4) is 0 Å². The maximum atomic E-state index is 13.2. The zero-order valence-corrected chi connectivity index (χ0v) is 14.9. The van der Waals surface area contributed by atoms with Crippen molar-refractivity contribution in [2.45, 2.75) is 39.0 Å². The number of nitrogens with one attached hydrogen (secondary N) is 1. The van der Waals surface area contributed by atoms with E-state index in [4.69, 9.17) is 5.73 Å². The lowest BCUT2D eigenvalue weighted by molar-refractivity contribution is -0.148. The topological polar surface area (TPSA) is 120 Å². The number of hydrogen-bond donors (Lipinski definition) is 2. The minimum absolute atomic E-state index is 0.0976. The molecule has 0 saturated carbocycles. The summed E-state index contributed by atoms with van der Waals surface area (Å²) in [6, 6.07) is 0.0383. The third kappa shape index (κ3) is 5.31. The summed E-state index contributed by atoms with van der Waals surface area (Å²) in [5.41, 5.74) is 1.50. The molecule has 2 unspecified atom stereocenters. The highest BCUT2D eigenvalue weighted by Gasteiger charge is 2.36. The molecule has 150 valence electrons. The average Bonchev–Trinajstić information content (AvgIpc) is 2.58. The molecule has 8 nitrogen and oxygen atoms in total. The van der Waals surface area contributed by atoms with Gasteiger partial charge in [0.05, 0.1) is 7.11 Å². The number of primary amides is 1. The number of esters is 1. The quantitative estimate of drug-likeness (QED) is 0.662. The van der Waals surface area contributed by atoms with Crippen LogP contribution in [0.5, 0.6) is 0 Å². The summed E-state index contributed by atoms with van der Waals surface area (Å²) >= 11 is 0. The van der Waals surface area contributed by atoms with E-state index >= 15 is 0 Å². The smallest absolute Gasteiger partial charge is 0.431 e. The lowest BCUT2D eigenvalue weighted by Crippen LogP contribution is -2.48. The summed E-state index contributed by atoms with van der Waals surface area (Å²) in [6.07, 6.45) is -4.47. The Morgan fingerprint density at radius 3 is 2.33 bits per heavy atom. The Bertz CT molecular complexity index is 788. The minimum atomic E-state index is -4.95. The van der Waals surface area contributed by atoms with Crippen LogP contribution in [0.2, 0.25) is 0 Å². The number of carbonyl (C=O) groups excluding carboxylic acids is 3. The Kier molecular flexibility index (Phi) is 7.14. The fourth-order valence-corrected chi connectivity index (χ4v) is 2.33. The van der Waals surface area contributed by atoms with Gasteiger partial charge in [0.1, 0.15) is 23.8 Å². The van der Waals surface area contributed by atoms with Crippen LogP contribution < -0.4 is 16.6 Å². The number of hydrogen-bond acceptors (Lipinski definition) is 5. The first-order valence-electron chi connectivity index (χ1n) is 7.92. The van der Waals surface area contributed by atoms with Gasteiger partial charge in [0.2, 0.25) is 5.91 Å². The zero-order chi connectivity index (χ0) is 20.9. The molecule has 0 aliphatic carbocycles. The molecule has 2 amide bonds. The van der Waals surface area contributed by atoms with Gasteiger partial charge < -0.3 is 15.8 Å². The zero-order valence-electron chi connectivity index (χ0n) is 14.9. The SMILES string of the molecule is CCC(C)C(NC(=O)Cn1c(C(F)(F)F)ccc(C(N)=O)c1=O)C(=O)OC. The summed E-state index contributed by atoms with van der Waals surface area (Å²) in [5.74, 6) is -3.39. The van der Waals surface area contributed by atoms with E-state index in [2.05, 4.69) is 10.1 Å². The van der Waals surface area contributed by atoms with E-state index in [0.717, 1.165) is 7.11 Å². The lowest BCUT2D eigenvalue weighted by Gasteiger charge is -2.22.